The minimum Gasteiger partial charge on any atom is -0.493 e. The SMILES string of the molecule is CCOc1ccc(Cl)cc1/C=N\NC(=O)[C@H](O)c1ccccc1. The first-order valence-corrected chi connectivity index (χ1v) is 7.48. The summed E-state index contributed by atoms with van der Waals surface area (Å²) in [4.78, 5) is 11.9. The minimum atomic E-state index is -1.28. The summed E-state index contributed by atoms with van der Waals surface area (Å²) in [6.07, 6.45) is 0.144. The topological polar surface area (TPSA) is 70.9 Å². The van der Waals surface area contributed by atoms with Crippen LogP contribution in [0.25, 0.3) is 0 Å². The highest BCUT2D eigenvalue weighted by Gasteiger charge is 2.16. The summed E-state index contributed by atoms with van der Waals surface area (Å²) in [6.45, 7) is 2.37. The first-order chi connectivity index (χ1) is 11.1. The van der Waals surface area contributed by atoms with Crippen LogP contribution in [0.2, 0.25) is 5.02 Å². The number of ether oxygens (including phenoxy) is 1. The summed E-state index contributed by atoms with van der Waals surface area (Å²) in [5.74, 6) is -0.00838. The Kier molecular flexibility index (Phi) is 6.14. The molecule has 1 atom stereocenters. The third-order valence-electron chi connectivity index (χ3n) is 3.01. The molecule has 2 aromatic carbocycles. The third kappa shape index (κ3) is 4.81. The Balaban J connectivity index is 2.04. The van der Waals surface area contributed by atoms with Gasteiger partial charge < -0.3 is 9.84 Å². The molecule has 23 heavy (non-hydrogen) atoms. The molecule has 0 radical (unpaired) electrons. The first-order valence-electron chi connectivity index (χ1n) is 7.10. The average Bonchev–Trinajstić information content (AvgIpc) is 2.57. The summed E-state index contributed by atoms with van der Waals surface area (Å²) in [5.41, 5.74) is 3.43. The highest BCUT2D eigenvalue weighted by molar-refractivity contribution is 6.30. The van der Waals surface area contributed by atoms with Crippen LogP contribution in [-0.2, 0) is 4.79 Å². The molecule has 0 aliphatic rings. The van der Waals surface area contributed by atoms with Crippen molar-refractivity contribution in [2.75, 3.05) is 6.61 Å². The monoisotopic (exact) mass is 332 g/mol. The zero-order valence-electron chi connectivity index (χ0n) is 12.6. The lowest BCUT2D eigenvalue weighted by Gasteiger charge is -2.09. The van der Waals surface area contributed by atoms with Gasteiger partial charge in [0, 0.05) is 10.6 Å². The Hall–Kier alpha value is -2.37. The second-order valence-corrected chi connectivity index (χ2v) is 5.10. The maximum atomic E-state index is 11.9. The van der Waals surface area contributed by atoms with Gasteiger partial charge in [-0.3, -0.25) is 4.79 Å². The fourth-order valence-corrected chi connectivity index (χ4v) is 2.10. The molecule has 120 valence electrons. The van der Waals surface area contributed by atoms with Crippen LogP contribution in [0.15, 0.2) is 53.6 Å². The number of hydrogen-bond donors (Lipinski definition) is 2. The molecule has 0 spiro atoms. The van der Waals surface area contributed by atoms with E-state index in [1.807, 2.05) is 6.92 Å². The predicted octanol–water partition coefficient (Wildman–Crippen LogP) is 2.92. The third-order valence-corrected chi connectivity index (χ3v) is 3.25. The van der Waals surface area contributed by atoms with Gasteiger partial charge in [-0.1, -0.05) is 41.9 Å². The van der Waals surface area contributed by atoms with Crippen molar-refractivity contribution in [3.63, 3.8) is 0 Å². The highest BCUT2D eigenvalue weighted by Crippen LogP contribution is 2.21. The van der Waals surface area contributed by atoms with Crippen molar-refractivity contribution in [2.24, 2.45) is 5.10 Å². The van der Waals surface area contributed by atoms with E-state index in [0.717, 1.165) is 0 Å². The van der Waals surface area contributed by atoms with E-state index in [0.29, 0.717) is 28.5 Å². The summed E-state index contributed by atoms with van der Waals surface area (Å²) < 4.78 is 5.45. The van der Waals surface area contributed by atoms with E-state index in [-0.39, 0.29) is 0 Å². The number of halogens is 1. The van der Waals surface area contributed by atoms with Crippen LogP contribution < -0.4 is 10.2 Å². The van der Waals surface area contributed by atoms with Crippen molar-refractivity contribution < 1.29 is 14.6 Å². The van der Waals surface area contributed by atoms with Crippen LogP contribution in [0.4, 0.5) is 0 Å². The number of hydrazone groups is 1. The van der Waals surface area contributed by atoms with Gasteiger partial charge in [0.2, 0.25) is 0 Å². The summed E-state index contributed by atoms with van der Waals surface area (Å²) in [7, 11) is 0. The molecule has 2 aromatic rings. The summed E-state index contributed by atoms with van der Waals surface area (Å²) >= 11 is 5.94. The normalized spacial score (nSPS) is 12.1. The molecule has 0 aromatic heterocycles. The van der Waals surface area contributed by atoms with E-state index in [2.05, 4.69) is 10.5 Å². The van der Waals surface area contributed by atoms with Gasteiger partial charge in [0.15, 0.2) is 6.10 Å². The first kappa shape index (κ1) is 17.0. The number of carbonyl (C=O) groups is 1. The molecule has 0 heterocycles. The zero-order chi connectivity index (χ0) is 16.7. The number of aliphatic hydroxyl groups is 1. The summed E-state index contributed by atoms with van der Waals surface area (Å²) in [6, 6.07) is 13.7. The van der Waals surface area contributed by atoms with Crippen molar-refractivity contribution >= 4 is 23.7 Å². The number of carbonyl (C=O) groups excluding carboxylic acids is 1. The van der Waals surface area contributed by atoms with E-state index < -0.39 is 12.0 Å². The van der Waals surface area contributed by atoms with E-state index in [1.54, 1.807) is 48.5 Å². The molecular formula is C17H17ClN2O3. The van der Waals surface area contributed by atoms with Crippen LogP contribution in [0, 0.1) is 0 Å². The molecule has 0 bridgehead atoms. The molecule has 0 aliphatic carbocycles. The Labute approximate surface area is 139 Å². The molecular weight excluding hydrogens is 316 g/mol. The molecule has 5 nitrogen and oxygen atoms in total. The summed E-state index contributed by atoms with van der Waals surface area (Å²) in [5, 5.41) is 14.3. The minimum absolute atomic E-state index is 0.498. The van der Waals surface area contributed by atoms with Crippen molar-refractivity contribution in [3.8, 4) is 5.75 Å². The van der Waals surface area contributed by atoms with Gasteiger partial charge in [-0.15, -0.1) is 0 Å². The molecule has 0 unspecified atom stereocenters. The van der Waals surface area contributed by atoms with E-state index in [9.17, 15) is 9.90 Å². The van der Waals surface area contributed by atoms with Crippen LogP contribution in [0.5, 0.6) is 5.75 Å². The molecule has 6 heteroatoms. The van der Waals surface area contributed by atoms with E-state index in [4.69, 9.17) is 16.3 Å². The van der Waals surface area contributed by atoms with Crippen LogP contribution >= 0.6 is 11.6 Å². The lowest BCUT2D eigenvalue weighted by Crippen LogP contribution is -2.25. The van der Waals surface area contributed by atoms with Gasteiger partial charge in [-0.25, -0.2) is 5.43 Å². The second kappa shape index (κ2) is 8.31. The van der Waals surface area contributed by atoms with Crippen molar-refractivity contribution in [1.82, 2.24) is 5.43 Å². The number of rotatable bonds is 6. The number of nitrogens with zero attached hydrogens (tertiary/aromatic N) is 1. The lowest BCUT2D eigenvalue weighted by atomic mass is 10.1. The second-order valence-electron chi connectivity index (χ2n) is 4.66. The number of benzene rings is 2. The number of aliphatic hydroxyl groups excluding tert-OH is 1. The molecule has 2 rings (SSSR count). The number of amides is 1. The van der Waals surface area contributed by atoms with Crippen molar-refractivity contribution in [1.29, 1.82) is 0 Å². The Bertz CT molecular complexity index is 689. The van der Waals surface area contributed by atoms with Crippen LogP contribution in [-0.4, -0.2) is 23.8 Å². The molecule has 0 saturated heterocycles. The van der Waals surface area contributed by atoms with Gasteiger partial charge >= 0.3 is 0 Å². The fraction of sp³-hybridized carbons (Fsp3) is 0.176. The smallest absolute Gasteiger partial charge is 0.273 e. The maximum absolute atomic E-state index is 11.9. The quantitative estimate of drug-likeness (QED) is 0.631. The van der Waals surface area contributed by atoms with Crippen molar-refractivity contribution in [2.45, 2.75) is 13.0 Å². The molecule has 1 amide bonds. The molecule has 0 fully saturated rings. The molecule has 0 aliphatic heterocycles. The fourth-order valence-electron chi connectivity index (χ4n) is 1.92. The average molecular weight is 333 g/mol. The Morgan fingerprint density at radius 1 is 1.35 bits per heavy atom. The van der Waals surface area contributed by atoms with Crippen molar-refractivity contribution in [3.05, 3.63) is 64.7 Å². The van der Waals surface area contributed by atoms with Gasteiger partial charge in [-0.05, 0) is 30.7 Å². The maximum Gasteiger partial charge on any atom is 0.273 e. The van der Waals surface area contributed by atoms with Gasteiger partial charge in [-0.2, -0.15) is 5.10 Å². The number of nitrogens with one attached hydrogen (secondary N) is 1. The Morgan fingerprint density at radius 2 is 2.09 bits per heavy atom. The Morgan fingerprint density at radius 3 is 2.78 bits per heavy atom. The van der Waals surface area contributed by atoms with Crippen LogP contribution in [0.3, 0.4) is 0 Å². The standard InChI is InChI=1S/C17H17ClN2O3/c1-2-23-15-9-8-14(18)10-13(15)11-19-20-17(22)16(21)12-6-4-3-5-7-12/h3-11,16,21H,2H2,1H3,(H,20,22)/b19-11-/t16-/m1/s1. The molecule has 0 saturated carbocycles. The van der Waals surface area contributed by atoms with Gasteiger partial charge in [0.05, 0.1) is 12.8 Å². The van der Waals surface area contributed by atoms with Gasteiger partial charge in [0.25, 0.3) is 5.91 Å². The predicted molar refractivity (Wildman–Crippen MR) is 89.8 cm³/mol. The van der Waals surface area contributed by atoms with E-state index in [1.165, 1.54) is 6.21 Å². The van der Waals surface area contributed by atoms with Gasteiger partial charge in [0.1, 0.15) is 5.75 Å². The zero-order valence-corrected chi connectivity index (χ0v) is 13.3. The van der Waals surface area contributed by atoms with E-state index >= 15 is 0 Å². The largest absolute Gasteiger partial charge is 0.493 e. The number of hydrogen-bond acceptors (Lipinski definition) is 4. The highest BCUT2D eigenvalue weighted by atomic mass is 35.5. The van der Waals surface area contributed by atoms with Crippen LogP contribution in [0.1, 0.15) is 24.2 Å². The molecule has 2 N–H and O–H groups in total. The lowest BCUT2D eigenvalue weighted by molar-refractivity contribution is -0.129.